The van der Waals surface area contributed by atoms with Gasteiger partial charge in [-0.15, -0.1) is 0 Å². The number of halogens is 1. The predicted molar refractivity (Wildman–Crippen MR) is 92.7 cm³/mol. The van der Waals surface area contributed by atoms with E-state index >= 15 is 0 Å². The second-order valence-electron chi connectivity index (χ2n) is 5.15. The van der Waals surface area contributed by atoms with E-state index in [4.69, 9.17) is 14.6 Å². The number of aliphatic hydroxyl groups is 1. The van der Waals surface area contributed by atoms with E-state index in [1.54, 1.807) is 0 Å². The fraction of sp³-hybridized carbons (Fsp3) is 0.625. The Labute approximate surface area is 141 Å². The SMILES string of the molecule is CCOc1cc(CNCCNCCO)cc(Br)c1OC(C)C. The number of hydrogen-bond donors (Lipinski definition) is 3. The van der Waals surface area contributed by atoms with E-state index in [0.717, 1.165) is 41.2 Å². The Morgan fingerprint density at radius 1 is 1.18 bits per heavy atom. The number of nitrogens with one attached hydrogen (secondary N) is 2. The van der Waals surface area contributed by atoms with Crippen LogP contribution in [0.2, 0.25) is 0 Å². The molecule has 1 aromatic carbocycles. The van der Waals surface area contributed by atoms with E-state index in [1.165, 1.54) is 0 Å². The first-order valence-electron chi connectivity index (χ1n) is 7.72. The standard InChI is InChI=1S/C16H27BrN2O3/c1-4-21-15-10-13(11-19-6-5-18-7-8-20)9-14(17)16(15)22-12(2)3/h9-10,12,18-20H,4-8,11H2,1-3H3. The molecule has 0 aliphatic heterocycles. The number of ether oxygens (including phenoxy) is 2. The molecule has 0 fully saturated rings. The smallest absolute Gasteiger partial charge is 0.175 e. The van der Waals surface area contributed by atoms with Gasteiger partial charge in [-0.25, -0.2) is 0 Å². The van der Waals surface area contributed by atoms with Gasteiger partial charge in [-0.3, -0.25) is 0 Å². The number of hydrogen-bond acceptors (Lipinski definition) is 5. The van der Waals surface area contributed by atoms with Crippen LogP contribution in [0.5, 0.6) is 11.5 Å². The molecule has 0 aliphatic carbocycles. The van der Waals surface area contributed by atoms with Gasteiger partial charge in [0.2, 0.25) is 0 Å². The monoisotopic (exact) mass is 374 g/mol. The van der Waals surface area contributed by atoms with Crippen LogP contribution in [0.3, 0.4) is 0 Å². The van der Waals surface area contributed by atoms with Crippen LogP contribution in [0.4, 0.5) is 0 Å². The summed E-state index contributed by atoms with van der Waals surface area (Å²) in [5, 5.41) is 15.2. The highest BCUT2D eigenvalue weighted by molar-refractivity contribution is 9.10. The fourth-order valence-electron chi connectivity index (χ4n) is 1.95. The molecule has 22 heavy (non-hydrogen) atoms. The van der Waals surface area contributed by atoms with Crippen LogP contribution in [0.15, 0.2) is 16.6 Å². The molecule has 0 saturated heterocycles. The average Bonchev–Trinajstić information content (AvgIpc) is 2.46. The summed E-state index contributed by atoms with van der Waals surface area (Å²) in [5.74, 6) is 1.52. The van der Waals surface area contributed by atoms with Crippen molar-refractivity contribution < 1.29 is 14.6 Å². The fourth-order valence-corrected chi connectivity index (χ4v) is 2.53. The lowest BCUT2D eigenvalue weighted by Gasteiger charge is -2.17. The molecule has 0 unspecified atom stereocenters. The Hall–Kier alpha value is -0.820. The zero-order valence-corrected chi connectivity index (χ0v) is 15.2. The van der Waals surface area contributed by atoms with Crippen LogP contribution in [0.25, 0.3) is 0 Å². The van der Waals surface area contributed by atoms with E-state index in [0.29, 0.717) is 13.2 Å². The molecule has 0 saturated carbocycles. The third-order valence-corrected chi connectivity index (χ3v) is 3.41. The van der Waals surface area contributed by atoms with Crippen molar-refractivity contribution in [2.45, 2.75) is 33.4 Å². The molecule has 0 amide bonds. The van der Waals surface area contributed by atoms with Gasteiger partial charge in [-0.1, -0.05) is 0 Å². The molecule has 3 N–H and O–H groups in total. The normalized spacial score (nSPS) is 11.0. The first kappa shape index (κ1) is 19.2. The summed E-state index contributed by atoms with van der Waals surface area (Å²) in [4.78, 5) is 0. The Morgan fingerprint density at radius 2 is 1.91 bits per heavy atom. The number of benzene rings is 1. The lowest BCUT2D eigenvalue weighted by Crippen LogP contribution is -2.28. The number of aliphatic hydroxyl groups excluding tert-OH is 1. The molecule has 0 heterocycles. The first-order chi connectivity index (χ1) is 10.6. The Balaban J connectivity index is 2.64. The maximum absolute atomic E-state index is 8.69. The van der Waals surface area contributed by atoms with Crippen molar-refractivity contribution in [3.8, 4) is 11.5 Å². The number of rotatable bonds is 11. The van der Waals surface area contributed by atoms with Gasteiger partial charge in [-0.05, 0) is 54.4 Å². The van der Waals surface area contributed by atoms with Crippen LogP contribution in [-0.4, -0.2) is 44.1 Å². The van der Waals surface area contributed by atoms with Crippen LogP contribution in [0.1, 0.15) is 26.3 Å². The summed E-state index contributed by atoms with van der Waals surface area (Å²) < 4.78 is 12.4. The van der Waals surface area contributed by atoms with E-state index in [-0.39, 0.29) is 12.7 Å². The lowest BCUT2D eigenvalue weighted by atomic mass is 10.2. The summed E-state index contributed by atoms with van der Waals surface area (Å²) in [6.07, 6.45) is 0.0945. The van der Waals surface area contributed by atoms with Gasteiger partial charge >= 0.3 is 0 Å². The highest BCUT2D eigenvalue weighted by Gasteiger charge is 2.13. The topological polar surface area (TPSA) is 62.8 Å². The molecule has 6 heteroatoms. The van der Waals surface area contributed by atoms with Gasteiger partial charge in [0.05, 0.1) is 23.8 Å². The molecule has 0 bridgehead atoms. The summed E-state index contributed by atoms with van der Waals surface area (Å²) in [7, 11) is 0. The first-order valence-corrected chi connectivity index (χ1v) is 8.52. The minimum Gasteiger partial charge on any atom is -0.490 e. The van der Waals surface area contributed by atoms with Gasteiger partial charge in [0.15, 0.2) is 11.5 Å². The summed E-state index contributed by atoms with van der Waals surface area (Å²) in [5.41, 5.74) is 1.13. The van der Waals surface area contributed by atoms with Crippen molar-refractivity contribution in [1.82, 2.24) is 10.6 Å². The van der Waals surface area contributed by atoms with Gasteiger partial charge in [0, 0.05) is 26.2 Å². The largest absolute Gasteiger partial charge is 0.490 e. The molecule has 126 valence electrons. The van der Waals surface area contributed by atoms with E-state index in [9.17, 15) is 0 Å². The predicted octanol–water partition coefficient (Wildman–Crippen LogP) is 2.31. The highest BCUT2D eigenvalue weighted by Crippen LogP contribution is 2.37. The third-order valence-electron chi connectivity index (χ3n) is 2.82. The maximum Gasteiger partial charge on any atom is 0.175 e. The molecule has 1 aromatic rings. The summed E-state index contributed by atoms with van der Waals surface area (Å²) in [6, 6.07) is 4.06. The second kappa shape index (κ2) is 10.8. The molecular weight excluding hydrogens is 348 g/mol. The quantitative estimate of drug-likeness (QED) is 0.518. The van der Waals surface area contributed by atoms with E-state index in [1.807, 2.05) is 32.9 Å². The minimum absolute atomic E-state index is 0.0945. The van der Waals surface area contributed by atoms with Crippen molar-refractivity contribution >= 4 is 15.9 Å². The highest BCUT2D eigenvalue weighted by atomic mass is 79.9. The Morgan fingerprint density at radius 3 is 2.55 bits per heavy atom. The van der Waals surface area contributed by atoms with Crippen molar-refractivity contribution in [1.29, 1.82) is 0 Å². The molecule has 0 aromatic heterocycles. The van der Waals surface area contributed by atoms with Crippen molar-refractivity contribution in [3.63, 3.8) is 0 Å². The van der Waals surface area contributed by atoms with Crippen molar-refractivity contribution in [2.24, 2.45) is 0 Å². The van der Waals surface area contributed by atoms with Gasteiger partial charge in [0.25, 0.3) is 0 Å². The summed E-state index contributed by atoms with van der Waals surface area (Å²) in [6.45, 7) is 9.77. The molecule has 0 aliphatic rings. The Kier molecular flexibility index (Phi) is 9.47. The lowest BCUT2D eigenvalue weighted by molar-refractivity contribution is 0.222. The second-order valence-corrected chi connectivity index (χ2v) is 6.01. The van der Waals surface area contributed by atoms with Crippen LogP contribution in [-0.2, 0) is 6.54 Å². The van der Waals surface area contributed by atoms with E-state index in [2.05, 4.69) is 26.6 Å². The molecule has 0 atom stereocenters. The van der Waals surface area contributed by atoms with Gasteiger partial charge < -0.3 is 25.2 Å². The zero-order valence-electron chi connectivity index (χ0n) is 13.6. The zero-order chi connectivity index (χ0) is 16.4. The van der Waals surface area contributed by atoms with E-state index < -0.39 is 0 Å². The van der Waals surface area contributed by atoms with Crippen molar-refractivity contribution in [3.05, 3.63) is 22.2 Å². The van der Waals surface area contributed by atoms with Crippen LogP contribution < -0.4 is 20.1 Å². The molecule has 0 spiro atoms. The van der Waals surface area contributed by atoms with Crippen molar-refractivity contribution in [2.75, 3.05) is 32.8 Å². The summed E-state index contributed by atoms with van der Waals surface area (Å²) >= 11 is 3.57. The molecular formula is C16H27BrN2O3. The third kappa shape index (κ3) is 6.96. The minimum atomic E-state index is 0.0945. The maximum atomic E-state index is 8.69. The van der Waals surface area contributed by atoms with Crippen LogP contribution >= 0.6 is 15.9 Å². The molecule has 1 rings (SSSR count). The van der Waals surface area contributed by atoms with Gasteiger partial charge in [-0.2, -0.15) is 0 Å². The van der Waals surface area contributed by atoms with Crippen LogP contribution in [0, 0.1) is 0 Å². The Bertz CT molecular complexity index is 442. The van der Waals surface area contributed by atoms with Gasteiger partial charge in [0.1, 0.15) is 0 Å². The average molecular weight is 375 g/mol. The molecule has 0 radical (unpaired) electrons. The molecule has 5 nitrogen and oxygen atoms in total.